The van der Waals surface area contributed by atoms with Gasteiger partial charge in [-0.2, -0.15) is 0 Å². The maximum atomic E-state index is 11.7. The van der Waals surface area contributed by atoms with E-state index in [2.05, 4.69) is 30.6 Å². The zero-order chi connectivity index (χ0) is 23.6. The number of methoxy groups -OCH3 is 1. The summed E-state index contributed by atoms with van der Waals surface area (Å²) in [6, 6.07) is 3.37. The molecule has 2 aliphatic rings. The Kier molecular flexibility index (Phi) is 7.17. The summed E-state index contributed by atoms with van der Waals surface area (Å²) in [7, 11) is 1.46. The number of hydrogen-bond acceptors (Lipinski definition) is 6. The molecule has 0 bridgehead atoms. The maximum absolute atomic E-state index is 11.7. The molecule has 0 saturated carbocycles. The summed E-state index contributed by atoms with van der Waals surface area (Å²) >= 11 is 0. The van der Waals surface area contributed by atoms with Gasteiger partial charge in [-0.1, -0.05) is 20.8 Å². The number of piperidine rings is 1. The third-order valence-corrected chi connectivity index (χ3v) is 6.88. The lowest BCUT2D eigenvalue weighted by molar-refractivity contribution is -0.385. The van der Waals surface area contributed by atoms with Crippen LogP contribution in [0.3, 0.4) is 0 Å². The van der Waals surface area contributed by atoms with Gasteiger partial charge in [0.1, 0.15) is 0 Å². The molecule has 1 aromatic carbocycles. The molecule has 1 amide bonds. The molecule has 9 nitrogen and oxygen atoms in total. The number of ether oxygens (including phenoxy) is 1. The number of amides is 1. The van der Waals surface area contributed by atoms with E-state index in [1.165, 1.54) is 7.11 Å². The van der Waals surface area contributed by atoms with E-state index in [1.54, 1.807) is 17.0 Å². The van der Waals surface area contributed by atoms with Gasteiger partial charge in [0.05, 0.1) is 18.1 Å². The fourth-order valence-electron chi connectivity index (χ4n) is 5.01. The lowest BCUT2D eigenvalue weighted by Crippen LogP contribution is -2.60. The number of hydrogen-bond donors (Lipinski definition) is 1. The number of nitrogens with zero attached hydrogens (tertiary/aromatic N) is 4. The van der Waals surface area contributed by atoms with Crippen LogP contribution in [0.2, 0.25) is 0 Å². The molecule has 2 heterocycles. The summed E-state index contributed by atoms with van der Waals surface area (Å²) in [6.07, 6.45) is 1.25. The summed E-state index contributed by atoms with van der Waals surface area (Å²) < 4.78 is 5.26. The van der Waals surface area contributed by atoms with Crippen molar-refractivity contribution in [2.24, 2.45) is 11.3 Å². The fraction of sp³-hybridized carbons (Fsp3) is 0.696. The Balaban J connectivity index is 1.61. The average Bonchev–Trinajstić information content (AvgIpc) is 2.73. The minimum atomic E-state index is -0.827. The third kappa shape index (κ3) is 5.26. The van der Waals surface area contributed by atoms with Crippen LogP contribution in [0.1, 0.15) is 39.2 Å². The Morgan fingerprint density at radius 3 is 2.41 bits per heavy atom. The van der Waals surface area contributed by atoms with Gasteiger partial charge >= 0.3 is 11.8 Å². The van der Waals surface area contributed by atoms with Crippen LogP contribution >= 0.6 is 0 Å². The predicted octanol–water partition coefficient (Wildman–Crippen LogP) is 3.84. The van der Waals surface area contributed by atoms with Crippen LogP contribution in [0.15, 0.2) is 12.1 Å². The second kappa shape index (κ2) is 9.52. The zero-order valence-corrected chi connectivity index (χ0v) is 19.8. The van der Waals surface area contributed by atoms with E-state index in [4.69, 9.17) is 4.74 Å². The molecule has 1 aromatic rings. The van der Waals surface area contributed by atoms with Crippen molar-refractivity contribution >= 4 is 17.5 Å². The Hall–Kier alpha value is -2.55. The minimum Gasteiger partial charge on any atom is -0.490 e. The van der Waals surface area contributed by atoms with Crippen molar-refractivity contribution in [3.05, 3.63) is 27.8 Å². The molecule has 0 aromatic heterocycles. The highest BCUT2D eigenvalue weighted by Crippen LogP contribution is 2.36. The maximum Gasteiger partial charge on any atom is 0.407 e. The van der Waals surface area contributed by atoms with E-state index in [-0.39, 0.29) is 17.1 Å². The molecule has 1 N–H and O–H groups in total. The number of nitro groups is 1. The molecule has 2 saturated heterocycles. The van der Waals surface area contributed by atoms with Gasteiger partial charge in [0.25, 0.3) is 0 Å². The first-order valence-corrected chi connectivity index (χ1v) is 11.3. The van der Waals surface area contributed by atoms with E-state index in [0.717, 1.165) is 56.8 Å². The number of carbonyl (C=O) groups is 1. The third-order valence-electron chi connectivity index (χ3n) is 6.88. The van der Waals surface area contributed by atoms with E-state index in [0.29, 0.717) is 18.2 Å². The van der Waals surface area contributed by atoms with Crippen LogP contribution < -0.4 is 9.64 Å². The summed E-state index contributed by atoms with van der Waals surface area (Å²) in [5, 5.41) is 20.8. The number of carboxylic acid groups (broad SMARTS) is 1. The summed E-state index contributed by atoms with van der Waals surface area (Å²) in [4.78, 5) is 28.8. The number of anilines is 1. The van der Waals surface area contributed by atoms with Crippen molar-refractivity contribution < 1.29 is 19.6 Å². The fourth-order valence-corrected chi connectivity index (χ4v) is 5.01. The Bertz CT molecular complexity index is 846. The number of nitro benzene ring substituents is 1. The Morgan fingerprint density at radius 2 is 1.88 bits per heavy atom. The first-order chi connectivity index (χ1) is 15.0. The molecule has 2 aliphatic heterocycles. The molecule has 32 heavy (non-hydrogen) atoms. The molecule has 2 fully saturated rings. The van der Waals surface area contributed by atoms with Gasteiger partial charge in [-0.25, -0.2) is 4.79 Å². The second-order valence-electron chi connectivity index (χ2n) is 10.1. The molecular weight excluding hydrogens is 412 g/mol. The van der Waals surface area contributed by atoms with Crippen LogP contribution in [0.5, 0.6) is 5.75 Å². The van der Waals surface area contributed by atoms with Crippen molar-refractivity contribution in [3.63, 3.8) is 0 Å². The monoisotopic (exact) mass is 448 g/mol. The molecule has 1 unspecified atom stereocenters. The highest BCUT2D eigenvalue weighted by Gasteiger charge is 2.38. The van der Waals surface area contributed by atoms with E-state index < -0.39 is 11.0 Å². The summed E-state index contributed by atoms with van der Waals surface area (Å²) in [5.74, 6) is 0.853. The Labute approximate surface area is 190 Å². The lowest BCUT2D eigenvalue weighted by Gasteiger charge is -2.47. The quantitative estimate of drug-likeness (QED) is 0.540. The number of rotatable bonds is 5. The summed E-state index contributed by atoms with van der Waals surface area (Å²) in [6.45, 7) is 13.1. The van der Waals surface area contributed by atoms with Crippen molar-refractivity contribution in [2.45, 2.75) is 46.6 Å². The number of aryl methyl sites for hydroxylation is 1. The van der Waals surface area contributed by atoms with Gasteiger partial charge in [0.2, 0.25) is 0 Å². The van der Waals surface area contributed by atoms with Gasteiger partial charge in [0, 0.05) is 57.1 Å². The second-order valence-corrected chi connectivity index (χ2v) is 10.1. The standard InChI is InChI=1S/C23H36N4O5/c1-16-12-19(27(30)31)20(32-5)13-18(16)25-8-6-17(7-9-25)14-24-10-11-26(22(28)29)21(15-24)23(2,3)4/h12-13,17,21H,6-11,14-15H2,1-5H3,(H,28,29). The molecular formula is C23H36N4O5. The van der Waals surface area contributed by atoms with Crippen LogP contribution in [-0.4, -0.2) is 78.3 Å². The van der Waals surface area contributed by atoms with Gasteiger partial charge < -0.3 is 19.6 Å². The van der Waals surface area contributed by atoms with Crippen molar-refractivity contribution in [1.82, 2.24) is 9.80 Å². The van der Waals surface area contributed by atoms with Gasteiger partial charge in [-0.3, -0.25) is 15.0 Å². The SMILES string of the molecule is COc1cc(N2CCC(CN3CCN(C(=O)O)C(C(C)(C)C)C3)CC2)c(C)cc1[N+](=O)[O-]. The molecule has 0 radical (unpaired) electrons. The minimum absolute atomic E-state index is 0.00228. The number of piperazine rings is 1. The molecule has 3 rings (SSSR count). The van der Waals surface area contributed by atoms with E-state index in [1.807, 2.05) is 6.92 Å². The molecule has 0 spiro atoms. The zero-order valence-electron chi connectivity index (χ0n) is 19.8. The molecule has 178 valence electrons. The average molecular weight is 449 g/mol. The lowest BCUT2D eigenvalue weighted by atomic mass is 9.84. The topological polar surface area (TPSA) is 99.4 Å². The van der Waals surface area contributed by atoms with Crippen LogP contribution in [0, 0.1) is 28.4 Å². The van der Waals surface area contributed by atoms with Crippen molar-refractivity contribution in [3.8, 4) is 5.75 Å². The first kappa shape index (κ1) is 24.1. The van der Waals surface area contributed by atoms with Crippen molar-refractivity contribution in [2.75, 3.05) is 51.3 Å². The van der Waals surface area contributed by atoms with Crippen LogP contribution in [-0.2, 0) is 0 Å². The van der Waals surface area contributed by atoms with E-state index >= 15 is 0 Å². The first-order valence-electron chi connectivity index (χ1n) is 11.3. The van der Waals surface area contributed by atoms with Crippen LogP contribution in [0.25, 0.3) is 0 Å². The summed E-state index contributed by atoms with van der Waals surface area (Å²) in [5.41, 5.74) is 1.77. The van der Waals surface area contributed by atoms with Crippen molar-refractivity contribution in [1.29, 1.82) is 0 Å². The van der Waals surface area contributed by atoms with Gasteiger partial charge in [0.15, 0.2) is 5.75 Å². The van der Waals surface area contributed by atoms with E-state index in [9.17, 15) is 20.0 Å². The molecule has 1 atom stereocenters. The molecule has 0 aliphatic carbocycles. The molecule has 9 heteroatoms. The Morgan fingerprint density at radius 1 is 1.22 bits per heavy atom. The smallest absolute Gasteiger partial charge is 0.407 e. The highest BCUT2D eigenvalue weighted by atomic mass is 16.6. The highest BCUT2D eigenvalue weighted by molar-refractivity contribution is 5.66. The largest absolute Gasteiger partial charge is 0.490 e. The normalized spacial score (nSPS) is 21.0. The number of benzene rings is 1. The van der Waals surface area contributed by atoms with Gasteiger partial charge in [-0.15, -0.1) is 0 Å². The van der Waals surface area contributed by atoms with Gasteiger partial charge in [-0.05, 0) is 36.7 Å². The van der Waals surface area contributed by atoms with Crippen LogP contribution in [0.4, 0.5) is 16.2 Å². The predicted molar refractivity (Wildman–Crippen MR) is 124 cm³/mol.